The van der Waals surface area contributed by atoms with E-state index in [1.807, 2.05) is 13.8 Å². The fourth-order valence-corrected chi connectivity index (χ4v) is 1.81. The van der Waals surface area contributed by atoms with Crippen LogP contribution in [0.25, 0.3) is 0 Å². The number of hydrogen-bond acceptors (Lipinski definition) is 4. The van der Waals surface area contributed by atoms with Crippen molar-refractivity contribution < 1.29 is 14.3 Å². The Hall–Kier alpha value is -1.14. The minimum Gasteiger partial charge on any atom is -0.380 e. The lowest BCUT2D eigenvalue weighted by molar-refractivity contribution is -0.146. The molecule has 0 bridgehead atoms. The number of carbonyl (C=O) groups excluding carboxylic acids is 2. The van der Waals surface area contributed by atoms with Gasteiger partial charge in [-0.05, 0) is 26.8 Å². The van der Waals surface area contributed by atoms with Crippen molar-refractivity contribution >= 4 is 11.8 Å². The van der Waals surface area contributed by atoms with Crippen molar-refractivity contribution in [1.82, 2.24) is 15.5 Å². The number of ether oxygens (including phenoxy) is 1. The molecule has 0 aromatic heterocycles. The Labute approximate surface area is 108 Å². The molecule has 2 N–H and O–H groups in total. The molecule has 0 saturated carbocycles. The van der Waals surface area contributed by atoms with Crippen LogP contribution in [0.5, 0.6) is 0 Å². The maximum Gasteiger partial charge on any atom is 0.311 e. The molecule has 6 nitrogen and oxygen atoms in total. The molecule has 18 heavy (non-hydrogen) atoms. The first kappa shape index (κ1) is 14.9. The van der Waals surface area contributed by atoms with Crippen molar-refractivity contribution in [2.24, 2.45) is 0 Å². The number of amides is 2. The number of carbonyl (C=O) groups is 2. The molecule has 2 amide bonds. The van der Waals surface area contributed by atoms with Crippen LogP contribution in [0, 0.1) is 0 Å². The van der Waals surface area contributed by atoms with Gasteiger partial charge in [0.15, 0.2) is 0 Å². The standard InChI is InChI=1S/C12H23N3O3/c1-3-18-9-10(2)14-11(16)12(17)15-7-4-5-13-6-8-15/h10,13H,3-9H2,1-2H3,(H,14,16). The third kappa shape index (κ3) is 5.01. The second-order valence-electron chi connectivity index (χ2n) is 4.43. The smallest absolute Gasteiger partial charge is 0.311 e. The largest absolute Gasteiger partial charge is 0.380 e. The summed E-state index contributed by atoms with van der Waals surface area (Å²) in [6.45, 7) is 7.61. The maximum atomic E-state index is 11.9. The summed E-state index contributed by atoms with van der Waals surface area (Å²) in [5, 5.41) is 5.85. The van der Waals surface area contributed by atoms with Crippen LogP contribution in [-0.4, -0.2) is 62.1 Å². The highest BCUT2D eigenvalue weighted by molar-refractivity contribution is 6.35. The third-order valence-electron chi connectivity index (χ3n) is 2.77. The van der Waals surface area contributed by atoms with Crippen LogP contribution in [0.2, 0.25) is 0 Å². The van der Waals surface area contributed by atoms with E-state index >= 15 is 0 Å². The Balaban J connectivity index is 2.37. The van der Waals surface area contributed by atoms with Gasteiger partial charge in [0.2, 0.25) is 0 Å². The molecule has 1 unspecified atom stereocenters. The molecule has 1 aliphatic rings. The average Bonchev–Trinajstić information content (AvgIpc) is 2.64. The quantitative estimate of drug-likeness (QED) is 0.657. The summed E-state index contributed by atoms with van der Waals surface area (Å²) >= 11 is 0. The molecule has 1 aliphatic heterocycles. The minimum atomic E-state index is -0.538. The summed E-state index contributed by atoms with van der Waals surface area (Å²) < 4.78 is 5.19. The van der Waals surface area contributed by atoms with Gasteiger partial charge >= 0.3 is 11.8 Å². The number of rotatable bonds is 4. The zero-order valence-corrected chi connectivity index (χ0v) is 11.2. The highest BCUT2D eigenvalue weighted by Gasteiger charge is 2.23. The van der Waals surface area contributed by atoms with Crippen LogP contribution < -0.4 is 10.6 Å². The van der Waals surface area contributed by atoms with Crippen LogP contribution in [0.3, 0.4) is 0 Å². The van der Waals surface area contributed by atoms with Crippen LogP contribution in [0.4, 0.5) is 0 Å². The van der Waals surface area contributed by atoms with Gasteiger partial charge in [-0.15, -0.1) is 0 Å². The van der Waals surface area contributed by atoms with Crippen LogP contribution in [-0.2, 0) is 14.3 Å². The topological polar surface area (TPSA) is 70.7 Å². The minimum absolute atomic E-state index is 0.147. The van der Waals surface area contributed by atoms with Crippen LogP contribution >= 0.6 is 0 Å². The van der Waals surface area contributed by atoms with Gasteiger partial charge in [0.25, 0.3) is 0 Å². The van der Waals surface area contributed by atoms with Crippen molar-refractivity contribution in [3.05, 3.63) is 0 Å². The van der Waals surface area contributed by atoms with E-state index < -0.39 is 11.8 Å². The zero-order valence-electron chi connectivity index (χ0n) is 11.2. The molecule has 1 saturated heterocycles. The van der Waals surface area contributed by atoms with E-state index in [9.17, 15) is 9.59 Å². The lowest BCUT2D eigenvalue weighted by Gasteiger charge is -2.20. The van der Waals surface area contributed by atoms with E-state index in [-0.39, 0.29) is 6.04 Å². The van der Waals surface area contributed by atoms with Gasteiger partial charge in [0, 0.05) is 32.3 Å². The second kappa shape index (κ2) is 8.05. The number of hydrogen-bond donors (Lipinski definition) is 2. The first-order valence-electron chi connectivity index (χ1n) is 6.53. The van der Waals surface area contributed by atoms with Crippen molar-refractivity contribution in [3.63, 3.8) is 0 Å². The highest BCUT2D eigenvalue weighted by Crippen LogP contribution is 1.97. The van der Waals surface area contributed by atoms with Crippen molar-refractivity contribution in [3.8, 4) is 0 Å². The van der Waals surface area contributed by atoms with E-state index in [1.54, 1.807) is 4.90 Å². The Kier molecular flexibility index (Phi) is 6.67. The molecule has 0 radical (unpaired) electrons. The molecule has 0 aromatic rings. The van der Waals surface area contributed by atoms with Gasteiger partial charge in [-0.3, -0.25) is 9.59 Å². The Morgan fingerprint density at radius 1 is 1.39 bits per heavy atom. The Morgan fingerprint density at radius 2 is 2.17 bits per heavy atom. The van der Waals surface area contributed by atoms with Crippen molar-refractivity contribution in [2.45, 2.75) is 26.3 Å². The van der Waals surface area contributed by atoms with Gasteiger partial charge in [-0.1, -0.05) is 0 Å². The Bertz CT molecular complexity index is 276. The van der Waals surface area contributed by atoms with Gasteiger partial charge in [-0.2, -0.15) is 0 Å². The predicted octanol–water partition coefficient (Wildman–Crippen LogP) is -0.650. The number of nitrogens with zero attached hydrogens (tertiary/aromatic N) is 1. The molecule has 104 valence electrons. The summed E-state index contributed by atoms with van der Waals surface area (Å²) in [6.07, 6.45) is 0.882. The fourth-order valence-electron chi connectivity index (χ4n) is 1.81. The SMILES string of the molecule is CCOCC(C)NC(=O)C(=O)N1CCCNCC1. The lowest BCUT2D eigenvalue weighted by Crippen LogP contribution is -2.47. The fraction of sp³-hybridized carbons (Fsp3) is 0.833. The van der Waals surface area contributed by atoms with Crippen molar-refractivity contribution in [2.75, 3.05) is 39.4 Å². The van der Waals surface area contributed by atoms with E-state index in [0.29, 0.717) is 26.3 Å². The van der Waals surface area contributed by atoms with Crippen LogP contribution in [0.1, 0.15) is 20.3 Å². The highest BCUT2D eigenvalue weighted by atomic mass is 16.5. The number of nitrogens with one attached hydrogen (secondary N) is 2. The molecule has 1 rings (SSSR count). The molecule has 0 aromatic carbocycles. The van der Waals surface area contributed by atoms with Crippen molar-refractivity contribution in [1.29, 1.82) is 0 Å². The van der Waals surface area contributed by atoms with Crippen LogP contribution in [0.15, 0.2) is 0 Å². The first-order valence-corrected chi connectivity index (χ1v) is 6.53. The summed E-state index contributed by atoms with van der Waals surface area (Å²) in [5.41, 5.74) is 0. The van der Waals surface area contributed by atoms with Gasteiger partial charge in [-0.25, -0.2) is 0 Å². The summed E-state index contributed by atoms with van der Waals surface area (Å²) in [6, 6.07) is -0.147. The van der Waals surface area contributed by atoms with Gasteiger partial charge < -0.3 is 20.3 Å². The summed E-state index contributed by atoms with van der Waals surface area (Å²) in [7, 11) is 0. The molecule has 1 fully saturated rings. The summed E-state index contributed by atoms with van der Waals surface area (Å²) in [5.74, 6) is -0.980. The van der Waals surface area contributed by atoms with E-state index in [0.717, 1.165) is 19.5 Å². The molecular formula is C12H23N3O3. The molecular weight excluding hydrogens is 234 g/mol. The molecule has 1 atom stereocenters. The molecule has 0 spiro atoms. The van der Waals surface area contributed by atoms with E-state index in [1.165, 1.54) is 0 Å². The third-order valence-corrected chi connectivity index (χ3v) is 2.77. The van der Waals surface area contributed by atoms with E-state index in [4.69, 9.17) is 4.74 Å². The summed E-state index contributed by atoms with van der Waals surface area (Å²) in [4.78, 5) is 25.3. The predicted molar refractivity (Wildman–Crippen MR) is 68.2 cm³/mol. The molecule has 0 aliphatic carbocycles. The molecule has 6 heteroatoms. The monoisotopic (exact) mass is 257 g/mol. The van der Waals surface area contributed by atoms with E-state index in [2.05, 4.69) is 10.6 Å². The molecule has 1 heterocycles. The first-order chi connectivity index (χ1) is 8.65. The average molecular weight is 257 g/mol. The van der Waals surface area contributed by atoms with Gasteiger partial charge in [0.1, 0.15) is 0 Å². The second-order valence-corrected chi connectivity index (χ2v) is 4.43. The Morgan fingerprint density at radius 3 is 2.89 bits per heavy atom. The zero-order chi connectivity index (χ0) is 13.4. The maximum absolute atomic E-state index is 11.9. The lowest BCUT2D eigenvalue weighted by atomic mass is 10.3. The van der Waals surface area contributed by atoms with Gasteiger partial charge in [0.05, 0.1) is 6.61 Å². The normalized spacial score (nSPS) is 18.0.